The van der Waals surface area contributed by atoms with E-state index in [0.29, 0.717) is 23.9 Å². The molecule has 0 saturated heterocycles. The van der Waals surface area contributed by atoms with Crippen LogP contribution in [0.1, 0.15) is 59.3 Å². The third kappa shape index (κ3) is 7.91. The van der Waals surface area contributed by atoms with Gasteiger partial charge < -0.3 is 15.2 Å². The maximum absolute atomic E-state index is 13.6. The Morgan fingerprint density at radius 1 is 1.00 bits per heavy atom. The topological polar surface area (TPSA) is 87.6 Å². The minimum atomic E-state index is -5.08. The molecule has 1 amide bonds. The van der Waals surface area contributed by atoms with Crippen LogP contribution in [-0.4, -0.2) is 39.1 Å². The normalized spacial score (nSPS) is 17.2. The average Bonchev–Trinajstić information content (AvgIpc) is 2.94. The van der Waals surface area contributed by atoms with Gasteiger partial charge in [-0.25, -0.2) is 14.8 Å². The molecule has 1 aliphatic heterocycles. The first-order valence-corrected chi connectivity index (χ1v) is 14.4. The Labute approximate surface area is 258 Å². The molecule has 0 saturated carbocycles. The van der Waals surface area contributed by atoms with Gasteiger partial charge in [-0.3, -0.25) is 4.90 Å². The van der Waals surface area contributed by atoms with Crippen LogP contribution in [0.15, 0.2) is 42.6 Å². The van der Waals surface area contributed by atoms with Crippen LogP contribution >= 0.6 is 15.9 Å². The Hall–Kier alpha value is -3.76. The molecule has 0 unspecified atom stereocenters. The summed E-state index contributed by atoms with van der Waals surface area (Å²) in [5.41, 5.74) is -4.56. The van der Waals surface area contributed by atoms with Gasteiger partial charge in [-0.2, -0.15) is 39.5 Å². The number of hydrogen-bond donors (Lipinski definition) is 2. The van der Waals surface area contributed by atoms with Crippen molar-refractivity contribution in [1.82, 2.24) is 9.97 Å². The zero-order chi connectivity index (χ0) is 33.3. The zero-order valence-electron chi connectivity index (χ0n) is 23.1. The highest BCUT2D eigenvalue weighted by molar-refractivity contribution is 9.09. The van der Waals surface area contributed by atoms with Gasteiger partial charge in [0.2, 0.25) is 5.95 Å². The van der Waals surface area contributed by atoms with E-state index in [0.717, 1.165) is 29.3 Å². The van der Waals surface area contributed by atoms with E-state index in [1.165, 1.54) is 0 Å². The lowest BCUT2D eigenvalue weighted by atomic mass is 9.89. The number of amides is 1. The molecule has 3 aromatic rings. The lowest BCUT2D eigenvalue weighted by Gasteiger charge is -2.39. The molecule has 0 bridgehead atoms. The highest BCUT2D eigenvalue weighted by atomic mass is 79.9. The molecule has 244 valence electrons. The van der Waals surface area contributed by atoms with Gasteiger partial charge in [0.1, 0.15) is 0 Å². The summed E-state index contributed by atoms with van der Waals surface area (Å²) in [7, 11) is 0. The van der Waals surface area contributed by atoms with Crippen LogP contribution in [0.2, 0.25) is 0 Å². The van der Waals surface area contributed by atoms with Gasteiger partial charge in [-0.1, -0.05) is 22.9 Å². The highest BCUT2D eigenvalue weighted by Gasteiger charge is 2.39. The molecular formula is C28H24BrF9N4O3. The van der Waals surface area contributed by atoms with Crippen molar-refractivity contribution in [3.05, 3.63) is 76.1 Å². The third-order valence-electron chi connectivity index (χ3n) is 7.03. The Morgan fingerprint density at radius 2 is 1.62 bits per heavy atom. The molecule has 1 aromatic heterocycles. The number of ether oxygens (including phenoxy) is 1. The van der Waals surface area contributed by atoms with Crippen molar-refractivity contribution in [3.63, 3.8) is 0 Å². The molecule has 2 atom stereocenters. The minimum Gasteiger partial charge on any atom is -0.489 e. The van der Waals surface area contributed by atoms with Crippen LogP contribution in [-0.2, 0) is 24.9 Å². The van der Waals surface area contributed by atoms with Crippen LogP contribution in [0.25, 0.3) is 0 Å². The smallest absolute Gasteiger partial charge is 0.416 e. The Bertz CT molecular complexity index is 1510. The predicted octanol–water partition coefficient (Wildman–Crippen LogP) is 8.72. The number of alkyl halides is 10. The average molecular weight is 715 g/mol. The van der Waals surface area contributed by atoms with Gasteiger partial charge in [0.15, 0.2) is 5.75 Å². The standard InChI is InChI=1S/C28H24BrF9N4O3/c1-2-18-12-20(19-11-15(26(30,31)32)3-4-22(19)42(18)25(43)44)40-24-39-13-23(45-6-5-29)21(41-24)9-14-7-16(27(33,34)35)10-17(8-14)28(36,37)38/h3-4,7-8,10-11,13,18,20H,2,5-6,9,12H2,1H3,(H,43,44)(H,39,40,41)/t18-,20+/m1/s1. The number of anilines is 2. The first-order valence-electron chi connectivity index (χ1n) is 13.2. The molecular weight excluding hydrogens is 691 g/mol. The van der Waals surface area contributed by atoms with E-state index < -0.39 is 59.8 Å². The molecule has 45 heavy (non-hydrogen) atoms. The molecule has 1 aliphatic rings. The second kappa shape index (κ2) is 12.9. The summed E-state index contributed by atoms with van der Waals surface area (Å²) in [6, 6.07) is 2.13. The van der Waals surface area contributed by atoms with E-state index >= 15 is 0 Å². The number of fused-ring (bicyclic) bond motifs is 1. The van der Waals surface area contributed by atoms with Crippen molar-refractivity contribution in [2.24, 2.45) is 0 Å². The van der Waals surface area contributed by atoms with Gasteiger partial charge in [0, 0.05) is 17.8 Å². The fraction of sp³-hybridized carbons (Fsp3) is 0.393. The van der Waals surface area contributed by atoms with Crippen LogP contribution in [0.4, 0.5) is 55.9 Å². The van der Waals surface area contributed by atoms with Crippen molar-refractivity contribution in [2.75, 3.05) is 22.2 Å². The second-order valence-electron chi connectivity index (χ2n) is 10.1. The molecule has 7 nitrogen and oxygen atoms in total. The molecule has 4 rings (SSSR count). The van der Waals surface area contributed by atoms with E-state index in [1.54, 1.807) is 6.92 Å². The Kier molecular flexibility index (Phi) is 9.80. The van der Waals surface area contributed by atoms with Crippen molar-refractivity contribution < 1.29 is 54.2 Å². The largest absolute Gasteiger partial charge is 0.489 e. The maximum atomic E-state index is 13.6. The van der Waals surface area contributed by atoms with Crippen molar-refractivity contribution in [3.8, 4) is 5.75 Å². The van der Waals surface area contributed by atoms with E-state index in [2.05, 4.69) is 31.2 Å². The van der Waals surface area contributed by atoms with Crippen molar-refractivity contribution in [1.29, 1.82) is 0 Å². The van der Waals surface area contributed by atoms with Crippen LogP contribution in [0.3, 0.4) is 0 Å². The van der Waals surface area contributed by atoms with Gasteiger partial charge in [-0.05, 0) is 60.4 Å². The number of carboxylic acid groups (broad SMARTS) is 1. The van der Waals surface area contributed by atoms with E-state index in [4.69, 9.17) is 4.74 Å². The fourth-order valence-corrected chi connectivity index (χ4v) is 5.18. The first kappa shape index (κ1) is 34.1. The monoisotopic (exact) mass is 714 g/mol. The molecule has 2 N–H and O–H groups in total. The van der Waals surface area contributed by atoms with E-state index in [-0.39, 0.29) is 53.3 Å². The third-order valence-corrected chi connectivity index (χ3v) is 7.35. The Balaban J connectivity index is 1.77. The molecule has 0 radical (unpaired) electrons. The van der Waals surface area contributed by atoms with E-state index in [1.807, 2.05) is 0 Å². The van der Waals surface area contributed by atoms with E-state index in [9.17, 15) is 49.4 Å². The number of rotatable bonds is 8. The fourth-order valence-electron chi connectivity index (χ4n) is 5.02. The van der Waals surface area contributed by atoms with Gasteiger partial charge in [0.05, 0.1) is 46.9 Å². The zero-order valence-corrected chi connectivity index (χ0v) is 24.7. The molecule has 17 heteroatoms. The summed E-state index contributed by atoms with van der Waals surface area (Å²) in [5.74, 6) is -0.260. The van der Waals surface area contributed by atoms with Crippen LogP contribution in [0.5, 0.6) is 5.75 Å². The first-order chi connectivity index (χ1) is 20.9. The summed E-state index contributed by atoms with van der Waals surface area (Å²) in [6.45, 7) is 1.74. The number of halogens is 10. The molecule has 2 heterocycles. The van der Waals surface area contributed by atoms with Crippen molar-refractivity contribution >= 4 is 33.7 Å². The number of carbonyl (C=O) groups is 1. The molecule has 0 spiro atoms. The number of nitrogens with zero attached hydrogens (tertiary/aromatic N) is 3. The summed E-state index contributed by atoms with van der Waals surface area (Å²) >= 11 is 3.15. The number of nitrogens with one attached hydrogen (secondary N) is 1. The lowest BCUT2D eigenvalue weighted by Crippen LogP contribution is -2.45. The van der Waals surface area contributed by atoms with Gasteiger partial charge in [0.25, 0.3) is 0 Å². The number of aromatic nitrogens is 2. The molecule has 0 fully saturated rings. The Morgan fingerprint density at radius 3 is 2.16 bits per heavy atom. The maximum Gasteiger partial charge on any atom is 0.416 e. The number of benzene rings is 2. The number of hydrogen-bond acceptors (Lipinski definition) is 5. The summed E-state index contributed by atoms with van der Waals surface area (Å²) in [4.78, 5) is 21.4. The quantitative estimate of drug-likeness (QED) is 0.179. The summed E-state index contributed by atoms with van der Waals surface area (Å²) < 4.78 is 127. The van der Waals surface area contributed by atoms with Crippen LogP contribution in [0, 0.1) is 0 Å². The van der Waals surface area contributed by atoms with Gasteiger partial charge in [-0.15, -0.1) is 0 Å². The van der Waals surface area contributed by atoms with Gasteiger partial charge >= 0.3 is 24.6 Å². The predicted molar refractivity (Wildman–Crippen MR) is 148 cm³/mol. The second-order valence-corrected chi connectivity index (χ2v) is 10.8. The van der Waals surface area contributed by atoms with Crippen LogP contribution < -0.4 is 15.0 Å². The molecule has 2 aromatic carbocycles. The minimum absolute atomic E-state index is 0.000211. The lowest BCUT2D eigenvalue weighted by molar-refractivity contribution is -0.143. The summed E-state index contributed by atoms with van der Waals surface area (Å²) in [6.07, 6.45) is -15.4. The molecule has 0 aliphatic carbocycles. The highest BCUT2D eigenvalue weighted by Crippen LogP contribution is 2.43. The van der Waals surface area contributed by atoms with Crippen molar-refractivity contribution in [2.45, 2.75) is 56.8 Å². The SMILES string of the molecule is CC[C@@H]1C[C@H](Nc2ncc(OCCBr)c(Cc3cc(C(F)(F)F)cc(C(F)(F)F)c3)n2)c2cc(C(F)(F)F)ccc2N1C(=O)O. The summed E-state index contributed by atoms with van der Waals surface area (Å²) in [5, 5.41) is 13.0.